The molecule has 0 spiro atoms. The van der Waals surface area contributed by atoms with Crippen LogP contribution in [0.1, 0.15) is 72.6 Å². The minimum atomic E-state index is 0.817. The van der Waals surface area contributed by atoms with Gasteiger partial charge < -0.3 is 5.32 Å². The Morgan fingerprint density at radius 3 is 2.24 bits per heavy atom. The highest BCUT2D eigenvalue weighted by molar-refractivity contribution is 4.77. The Kier molecular flexibility index (Phi) is 7.18. The first kappa shape index (κ1) is 15.0. The van der Waals surface area contributed by atoms with Gasteiger partial charge in [-0.3, -0.25) is 0 Å². The summed E-state index contributed by atoms with van der Waals surface area (Å²) in [4.78, 5) is 0. The van der Waals surface area contributed by atoms with Crippen molar-refractivity contribution in [2.24, 2.45) is 17.8 Å². The van der Waals surface area contributed by atoms with Crippen molar-refractivity contribution in [3.63, 3.8) is 0 Å². The lowest BCUT2D eigenvalue weighted by atomic mass is 9.83. The van der Waals surface area contributed by atoms with Crippen molar-refractivity contribution in [2.75, 3.05) is 6.54 Å². The molecule has 0 heterocycles. The predicted octanol–water partition coefficient (Wildman–Crippen LogP) is 4.62. The van der Waals surface area contributed by atoms with E-state index in [1.807, 2.05) is 0 Å². The molecule has 1 saturated carbocycles. The minimum Gasteiger partial charge on any atom is -0.314 e. The molecule has 1 unspecified atom stereocenters. The van der Waals surface area contributed by atoms with Gasteiger partial charge in [0.1, 0.15) is 0 Å². The maximum atomic E-state index is 3.79. The van der Waals surface area contributed by atoms with Crippen LogP contribution in [0.4, 0.5) is 0 Å². The molecule has 0 bridgehead atoms. The zero-order valence-corrected chi connectivity index (χ0v) is 12.5. The van der Waals surface area contributed by atoms with Crippen LogP contribution < -0.4 is 5.32 Å². The Balaban J connectivity index is 2.09. The van der Waals surface area contributed by atoms with Crippen molar-refractivity contribution in [3.8, 4) is 0 Å². The molecule has 0 radical (unpaired) electrons. The van der Waals surface area contributed by atoms with E-state index in [2.05, 4.69) is 33.0 Å². The molecule has 1 rings (SSSR count). The molecule has 0 saturated heterocycles. The van der Waals surface area contributed by atoms with Crippen molar-refractivity contribution < 1.29 is 0 Å². The van der Waals surface area contributed by atoms with Crippen LogP contribution in [0.25, 0.3) is 0 Å². The third-order valence-electron chi connectivity index (χ3n) is 4.17. The normalized spacial score (nSPS) is 27.4. The maximum Gasteiger partial charge on any atom is 0.00673 e. The quantitative estimate of drug-likeness (QED) is 0.683. The molecule has 1 fully saturated rings. The average molecular weight is 239 g/mol. The Bertz CT molecular complexity index is 180. The molecule has 0 aromatic heterocycles. The summed E-state index contributed by atoms with van der Waals surface area (Å²) in [6, 6.07) is 0.817. The highest BCUT2D eigenvalue weighted by atomic mass is 14.9. The Morgan fingerprint density at radius 1 is 1.06 bits per heavy atom. The Hall–Kier alpha value is -0.0400. The van der Waals surface area contributed by atoms with E-state index in [1.54, 1.807) is 0 Å². The fraction of sp³-hybridized carbons (Fsp3) is 1.00. The van der Waals surface area contributed by atoms with Crippen LogP contribution in [-0.4, -0.2) is 12.6 Å². The van der Waals surface area contributed by atoms with Crippen LogP contribution in [0.3, 0.4) is 0 Å². The smallest absolute Gasteiger partial charge is 0.00673 e. The first-order valence-electron chi connectivity index (χ1n) is 7.85. The van der Waals surface area contributed by atoms with Gasteiger partial charge >= 0.3 is 0 Å². The van der Waals surface area contributed by atoms with Crippen molar-refractivity contribution in [1.82, 2.24) is 5.32 Å². The summed E-state index contributed by atoms with van der Waals surface area (Å²) in [6.45, 7) is 10.6. The summed E-state index contributed by atoms with van der Waals surface area (Å²) < 4.78 is 0. The molecule has 1 atom stereocenters. The number of nitrogens with one attached hydrogen (secondary N) is 1. The second-order valence-corrected chi connectivity index (χ2v) is 6.65. The molecule has 0 aliphatic heterocycles. The summed E-state index contributed by atoms with van der Waals surface area (Å²) in [5.41, 5.74) is 0. The molecule has 1 nitrogen and oxygen atoms in total. The Labute approximate surface area is 109 Å². The molecule has 102 valence electrons. The molecule has 0 aromatic rings. The largest absolute Gasteiger partial charge is 0.314 e. The van der Waals surface area contributed by atoms with Gasteiger partial charge in [0.25, 0.3) is 0 Å². The monoisotopic (exact) mass is 239 g/mol. The lowest BCUT2D eigenvalue weighted by Crippen LogP contribution is -2.36. The number of rotatable bonds is 7. The van der Waals surface area contributed by atoms with Gasteiger partial charge in [-0.1, -0.05) is 40.5 Å². The zero-order valence-electron chi connectivity index (χ0n) is 12.5. The Morgan fingerprint density at radius 2 is 1.71 bits per heavy atom. The van der Waals surface area contributed by atoms with Crippen LogP contribution in [0.15, 0.2) is 0 Å². The van der Waals surface area contributed by atoms with E-state index in [9.17, 15) is 0 Å². The molecule has 1 heteroatoms. The molecule has 1 N–H and O–H groups in total. The highest BCUT2D eigenvalue weighted by Crippen LogP contribution is 2.27. The summed E-state index contributed by atoms with van der Waals surface area (Å²) in [6.07, 6.45) is 9.94. The van der Waals surface area contributed by atoms with Gasteiger partial charge in [-0.15, -0.1) is 0 Å². The van der Waals surface area contributed by atoms with Crippen molar-refractivity contribution >= 4 is 0 Å². The van der Waals surface area contributed by atoms with E-state index in [1.165, 1.54) is 51.5 Å². The van der Waals surface area contributed by atoms with Crippen LogP contribution >= 0.6 is 0 Å². The summed E-state index contributed by atoms with van der Waals surface area (Å²) in [7, 11) is 0. The maximum absolute atomic E-state index is 3.79. The van der Waals surface area contributed by atoms with Crippen molar-refractivity contribution in [2.45, 2.75) is 78.7 Å². The van der Waals surface area contributed by atoms with Gasteiger partial charge in [0.2, 0.25) is 0 Å². The van der Waals surface area contributed by atoms with Crippen LogP contribution in [0.2, 0.25) is 0 Å². The van der Waals surface area contributed by atoms with E-state index in [0.29, 0.717) is 0 Å². The van der Waals surface area contributed by atoms with E-state index in [-0.39, 0.29) is 0 Å². The highest BCUT2D eigenvalue weighted by Gasteiger charge is 2.20. The van der Waals surface area contributed by atoms with Crippen LogP contribution in [0.5, 0.6) is 0 Å². The molecule has 0 amide bonds. The molecular formula is C16H33N. The van der Waals surface area contributed by atoms with E-state index >= 15 is 0 Å². The number of hydrogen-bond acceptors (Lipinski definition) is 1. The third-order valence-corrected chi connectivity index (χ3v) is 4.17. The summed E-state index contributed by atoms with van der Waals surface area (Å²) in [5, 5.41) is 3.79. The second-order valence-electron chi connectivity index (χ2n) is 6.65. The van der Waals surface area contributed by atoms with Crippen LogP contribution in [0, 0.1) is 17.8 Å². The minimum absolute atomic E-state index is 0.817. The summed E-state index contributed by atoms with van der Waals surface area (Å²) in [5.74, 6) is 2.71. The second kappa shape index (κ2) is 8.13. The molecule has 1 aliphatic carbocycles. The van der Waals surface area contributed by atoms with Gasteiger partial charge in [-0.05, 0) is 56.4 Å². The lowest BCUT2D eigenvalue weighted by Gasteiger charge is -2.30. The fourth-order valence-corrected chi connectivity index (χ4v) is 3.32. The van der Waals surface area contributed by atoms with Gasteiger partial charge in [0.15, 0.2) is 0 Å². The predicted molar refractivity (Wildman–Crippen MR) is 77.3 cm³/mol. The molecular weight excluding hydrogens is 206 g/mol. The molecule has 1 aliphatic rings. The summed E-state index contributed by atoms with van der Waals surface area (Å²) >= 11 is 0. The first-order valence-corrected chi connectivity index (χ1v) is 7.85. The lowest BCUT2D eigenvalue weighted by molar-refractivity contribution is 0.267. The third kappa shape index (κ3) is 6.45. The number of hydrogen-bond donors (Lipinski definition) is 1. The van der Waals surface area contributed by atoms with E-state index in [4.69, 9.17) is 0 Å². The van der Waals surface area contributed by atoms with E-state index < -0.39 is 0 Å². The van der Waals surface area contributed by atoms with Gasteiger partial charge in [-0.2, -0.15) is 0 Å². The standard InChI is InChI=1S/C16H33N/c1-5-6-15-7-9-16(10-8-15)17-12-14(4)11-13(2)3/h13-17H,5-12H2,1-4H3. The van der Waals surface area contributed by atoms with Crippen LogP contribution in [-0.2, 0) is 0 Å². The SMILES string of the molecule is CCCC1CCC(NCC(C)CC(C)C)CC1. The van der Waals surface area contributed by atoms with Gasteiger partial charge in [-0.25, -0.2) is 0 Å². The van der Waals surface area contributed by atoms with Crippen molar-refractivity contribution in [1.29, 1.82) is 0 Å². The molecule has 17 heavy (non-hydrogen) atoms. The van der Waals surface area contributed by atoms with Crippen molar-refractivity contribution in [3.05, 3.63) is 0 Å². The van der Waals surface area contributed by atoms with Gasteiger partial charge in [0.05, 0.1) is 0 Å². The molecule has 0 aromatic carbocycles. The topological polar surface area (TPSA) is 12.0 Å². The fourth-order valence-electron chi connectivity index (χ4n) is 3.32. The van der Waals surface area contributed by atoms with E-state index in [0.717, 1.165) is 23.8 Å². The average Bonchev–Trinajstić information content (AvgIpc) is 2.28. The zero-order chi connectivity index (χ0) is 12.7. The van der Waals surface area contributed by atoms with Gasteiger partial charge in [0, 0.05) is 6.04 Å². The first-order chi connectivity index (χ1) is 8.11.